The van der Waals surface area contributed by atoms with Gasteiger partial charge in [0.05, 0.1) is 6.42 Å². The van der Waals surface area contributed by atoms with E-state index in [-0.39, 0.29) is 12.2 Å². The second kappa shape index (κ2) is 2.34. The molecule has 1 rings (SSSR count). The lowest BCUT2D eigenvalue weighted by atomic mass is 10.3. The molecule has 0 saturated carbocycles. The Morgan fingerprint density at radius 1 is 1.78 bits per heavy atom. The molecule has 1 aromatic rings. The van der Waals surface area contributed by atoms with E-state index in [0.717, 1.165) is 0 Å². The van der Waals surface area contributed by atoms with E-state index in [0.29, 0.717) is 5.82 Å². The van der Waals surface area contributed by atoms with E-state index in [1.807, 2.05) is 0 Å². The van der Waals surface area contributed by atoms with Crippen LogP contribution in [0.5, 0.6) is 0 Å². The van der Waals surface area contributed by atoms with E-state index in [2.05, 4.69) is 20.6 Å². The van der Waals surface area contributed by atoms with Gasteiger partial charge in [0.15, 0.2) is 5.82 Å². The second-order valence-electron chi connectivity index (χ2n) is 1.73. The molecule has 48 valence electrons. The van der Waals surface area contributed by atoms with Gasteiger partial charge in [-0.15, -0.1) is 5.10 Å². The number of aromatic amines is 1. The van der Waals surface area contributed by atoms with Crippen molar-refractivity contribution in [2.75, 3.05) is 0 Å². The van der Waals surface area contributed by atoms with Gasteiger partial charge in [0.25, 0.3) is 0 Å². The summed E-state index contributed by atoms with van der Waals surface area (Å²) in [6.45, 7) is 1.49. The summed E-state index contributed by atoms with van der Waals surface area (Å²) < 4.78 is 0. The zero-order valence-corrected chi connectivity index (χ0v) is 4.96. The number of carbonyl (C=O) groups excluding carboxylic acids is 1. The summed E-state index contributed by atoms with van der Waals surface area (Å²) in [5.74, 6) is 0.566. The fourth-order valence-electron chi connectivity index (χ4n) is 0.489. The van der Waals surface area contributed by atoms with Crippen LogP contribution in [0.3, 0.4) is 0 Å². The quantitative estimate of drug-likeness (QED) is 0.570. The first-order valence-corrected chi connectivity index (χ1v) is 2.51. The molecule has 9 heavy (non-hydrogen) atoms. The van der Waals surface area contributed by atoms with Crippen LogP contribution in [-0.2, 0) is 11.2 Å². The largest absolute Gasteiger partial charge is 0.300 e. The molecule has 5 heteroatoms. The van der Waals surface area contributed by atoms with Gasteiger partial charge in [-0.2, -0.15) is 0 Å². The molecule has 0 amide bonds. The van der Waals surface area contributed by atoms with Crippen LogP contribution in [0.15, 0.2) is 0 Å². The third kappa shape index (κ3) is 1.60. The summed E-state index contributed by atoms with van der Waals surface area (Å²) in [6.07, 6.45) is 0.285. The molecule has 0 atom stereocenters. The number of tetrazole rings is 1. The summed E-state index contributed by atoms with van der Waals surface area (Å²) in [6, 6.07) is 0. The summed E-state index contributed by atoms with van der Waals surface area (Å²) in [5, 5.41) is 12.6. The number of carbonyl (C=O) groups is 1. The van der Waals surface area contributed by atoms with Crippen LogP contribution >= 0.6 is 0 Å². The number of nitrogens with one attached hydrogen (secondary N) is 1. The lowest BCUT2D eigenvalue weighted by molar-refractivity contribution is -0.116. The van der Waals surface area contributed by atoms with Crippen LogP contribution in [-0.4, -0.2) is 26.4 Å². The molecule has 0 aromatic carbocycles. The monoisotopic (exact) mass is 126 g/mol. The molecular weight excluding hydrogens is 120 g/mol. The van der Waals surface area contributed by atoms with Crippen LogP contribution in [0.1, 0.15) is 12.7 Å². The van der Waals surface area contributed by atoms with Crippen molar-refractivity contribution in [2.24, 2.45) is 0 Å². The maximum absolute atomic E-state index is 10.4. The van der Waals surface area contributed by atoms with Gasteiger partial charge < -0.3 is 0 Å². The van der Waals surface area contributed by atoms with Crippen molar-refractivity contribution in [3.05, 3.63) is 5.82 Å². The van der Waals surface area contributed by atoms with Crippen molar-refractivity contribution in [2.45, 2.75) is 13.3 Å². The maximum atomic E-state index is 10.4. The van der Waals surface area contributed by atoms with Crippen LogP contribution in [0, 0.1) is 0 Å². The molecule has 0 aliphatic heterocycles. The number of rotatable bonds is 2. The van der Waals surface area contributed by atoms with E-state index < -0.39 is 0 Å². The molecule has 0 fully saturated rings. The average Bonchev–Trinajstić information content (AvgIpc) is 2.15. The molecule has 1 aromatic heterocycles. The first kappa shape index (κ1) is 5.87. The molecule has 0 unspecified atom stereocenters. The fraction of sp³-hybridized carbons (Fsp3) is 0.500. The second-order valence-corrected chi connectivity index (χ2v) is 1.73. The maximum Gasteiger partial charge on any atom is 0.155 e. The highest BCUT2D eigenvalue weighted by Crippen LogP contribution is 1.84. The highest BCUT2D eigenvalue weighted by Gasteiger charge is 1.98. The Kier molecular flexibility index (Phi) is 1.53. The number of ketones is 1. The van der Waals surface area contributed by atoms with E-state index in [4.69, 9.17) is 0 Å². The molecule has 0 aliphatic rings. The van der Waals surface area contributed by atoms with Gasteiger partial charge in [-0.25, -0.2) is 5.10 Å². The number of hydrogen-bond acceptors (Lipinski definition) is 4. The van der Waals surface area contributed by atoms with Gasteiger partial charge in [-0.05, 0) is 17.4 Å². The predicted octanol–water partition coefficient (Wildman–Crippen LogP) is -0.669. The molecule has 0 spiro atoms. The summed E-state index contributed by atoms with van der Waals surface area (Å²) in [5.41, 5.74) is 0. The number of Topliss-reactive ketones (excluding diaryl/α,β-unsaturated/α-hetero) is 1. The summed E-state index contributed by atoms with van der Waals surface area (Å²) in [7, 11) is 0. The van der Waals surface area contributed by atoms with Crippen molar-refractivity contribution in [1.29, 1.82) is 0 Å². The Labute approximate surface area is 51.5 Å². The van der Waals surface area contributed by atoms with Crippen molar-refractivity contribution < 1.29 is 4.79 Å². The molecule has 0 aliphatic carbocycles. The van der Waals surface area contributed by atoms with Gasteiger partial charge in [0.1, 0.15) is 5.78 Å². The number of hydrogen-bond donors (Lipinski definition) is 1. The fourth-order valence-corrected chi connectivity index (χ4v) is 0.489. The third-order valence-electron chi connectivity index (χ3n) is 0.806. The van der Waals surface area contributed by atoms with Crippen molar-refractivity contribution in [3.8, 4) is 0 Å². The Bertz CT molecular complexity index is 192. The Balaban J connectivity index is 2.58. The molecule has 1 N–H and O–H groups in total. The first-order valence-electron chi connectivity index (χ1n) is 2.51. The normalized spacial score (nSPS) is 9.44. The van der Waals surface area contributed by atoms with Gasteiger partial charge in [0, 0.05) is 0 Å². The molecule has 0 radical (unpaired) electrons. The standard InChI is InChI=1S/C4H6N4O/c1-3(9)2-4-5-7-8-6-4/h2H2,1H3,(H,5,6,7,8). The van der Waals surface area contributed by atoms with Gasteiger partial charge in [-0.3, -0.25) is 4.79 Å². The van der Waals surface area contributed by atoms with E-state index >= 15 is 0 Å². The predicted molar refractivity (Wildman–Crippen MR) is 28.6 cm³/mol. The van der Waals surface area contributed by atoms with Gasteiger partial charge >= 0.3 is 0 Å². The topological polar surface area (TPSA) is 71.5 Å². The smallest absolute Gasteiger partial charge is 0.155 e. The van der Waals surface area contributed by atoms with Crippen LogP contribution < -0.4 is 0 Å². The number of nitrogens with zero attached hydrogens (tertiary/aromatic N) is 3. The van der Waals surface area contributed by atoms with Crippen molar-refractivity contribution in [1.82, 2.24) is 20.6 Å². The Morgan fingerprint density at radius 3 is 3.00 bits per heavy atom. The minimum absolute atomic E-state index is 0.0496. The molecule has 1 heterocycles. The highest BCUT2D eigenvalue weighted by molar-refractivity contribution is 5.77. The SMILES string of the molecule is CC(=O)Cc1nnn[nH]1. The first-order chi connectivity index (χ1) is 4.29. The lowest BCUT2D eigenvalue weighted by Gasteiger charge is -1.83. The van der Waals surface area contributed by atoms with Gasteiger partial charge in [0.2, 0.25) is 0 Å². The van der Waals surface area contributed by atoms with Crippen LogP contribution in [0.2, 0.25) is 0 Å². The van der Waals surface area contributed by atoms with Gasteiger partial charge in [-0.1, -0.05) is 0 Å². The average molecular weight is 126 g/mol. The lowest BCUT2D eigenvalue weighted by Crippen LogP contribution is -1.97. The van der Waals surface area contributed by atoms with E-state index in [9.17, 15) is 4.79 Å². The minimum Gasteiger partial charge on any atom is -0.300 e. The third-order valence-corrected chi connectivity index (χ3v) is 0.806. The number of H-pyrrole nitrogens is 1. The molecule has 0 saturated heterocycles. The van der Waals surface area contributed by atoms with E-state index in [1.165, 1.54) is 6.92 Å². The van der Waals surface area contributed by atoms with Crippen LogP contribution in [0.4, 0.5) is 0 Å². The summed E-state index contributed by atoms with van der Waals surface area (Å²) >= 11 is 0. The zero-order valence-electron chi connectivity index (χ0n) is 4.96. The van der Waals surface area contributed by atoms with Crippen molar-refractivity contribution >= 4 is 5.78 Å². The van der Waals surface area contributed by atoms with Crippen molar-refractivity contribution in [3.63, 3.8) is 0 Å². The number of aromatic nitrogens is 4. The summed E-state index contributed by atoms with van der Waals surface area (Å²) in [4.78, 5) is 10.4. The zero-order chi connectivity index (χ0) is 6.69. The Hall–Kier alpha value is -1.26. The van der Waals surface area contributed by atoms with E-state index in [1.54, 1.807) is 0 Å². The molecule has 5 nitrogen and oxygen atoms in total. The van der Waals surface area contributed by atoms with Crippen LogP contribution in [0.25, 0.3) is 0 Å². The molecular formula is C4H6N4O. The highest BCUT2D eigenvalue weighted by atomic mass is 16.1. The molecule has 0 bridgehead atoms. The minimum atomic E-state index is 0.0496. The Morgan fingerprint density at radius 2 is 2.56 bits per heavy atom.